The van der Waals surface area contributed by atoms with Crippen molar-refractivity contribution in [2.45, 2.75) is 38.7 Å². The second-order valence-corrected chi connectivity index (χ2v) is 6.09. The molecular formula is C18H21BrO. The summed E-state index contributed by atoms with van der Waals surface area (Å²) in [6.45, 7) is 4.19. The minimum Gasteiger partial charge on any atom is -0.380 e. The molecular weight excluding hydrogens is 312 g/mol. The first-order chi connectivity index (χ1) is 9.60. The van der Waals surface area contributed by atoms with Crippen LogP contribution >= 0.6 is 15.9 Å². The van der Waals surface area contributed by atoms with Crippen LogP contribution in [0.25, 0.3) is 0 Å². The smallest absolute Gasteiger partial charge is 0.114 e. The molecule has 0 heterocycles. The molecule has 0 spiro atoms. The average Bonchev–Trinajstić information content (AvgIpc) is 2.47. The first-order valence-corrected chi connectivity index (χ1v) is 7.97. The molecule has 0 aliphatic carbocycles. The fourth-order valence-corrected chi connectivity index (χ4v) is 2.96. The monoisotopic (exact) mass is 332 g/mol. The van der Waals surface area contributed by atoms with E-state index in [2.05, 4.69) is 47.1 Å². The first kappa shape index (κ1) is 15.3. The van der Waals surface area contributed by atoms with E-state index in [1.807, 2.05) is 31.2 Å². The van der Waals surface area contributed by atoms with Crippen molar-refractivity contribution in [1.29, 1.82) is 0 Å². The van der Waals surface area contributed by atoms with Crippen LogP contribution in [0.3, 0.4) is 0 Å². The van der Waals surface area contributed by atoms with E-state index in [4.69, 9.17) is 0 Å². The van der Waals surface area contributed by atoms with Crippen molar-refractivity contribution in [1.82, 2.24) is 0 Å². The molecule has 20 heavy (non-hydrogen) atoms. The molecule has 0 amide bonds. The average molecular weight is 333 g/mol. The zero-order chi connectivity index (χ0) is 14.6. The summed E-state index contributed by atoms with van der Waals surface area (Å²) in [5.41, 5.74) is 2.29. The van der Waals surface area contributed by atoms with Crippen LogP contribution in [-0.2, 0) is 12.0 Å². The van der Waals surface area contributed by atoms with Crippen molar-refractivity contribution < 1.29 is 5.11 Å². The Balaban J connectivity index is 2.39. The fourth-order valence-electron chi connectivity index (χ4n) is 2.56. The third kappa shape index (κ3) is 3.13. The van der Waals surface area contributed by atoms with Crippen LogP contribution in [-0.4, -0.2) is 5.11 Å². The molecule has 0 aromatic heterocycles. The van der Waals surface area contributed by atoms with E-state index in [1.165, 1.54) is 5.56 Å². The lowest BCUT2D eigenvalue weighted by Crippen LogP contribution is -2.26. The first-order valence-electron chi connectivity index (χ1n) is 7.18. The largest absolute Gasteiger partial charge is 0.380 e. The minimum atomic E-state index is -0.922. The van der Waals surface area contributed by atoms with Crippen LogP contribution in [0.15, 0.2) is 53.0 Å². The molecule has 0 aliphatic heterocycles. The Bertz CT molecular complexity index is 562. The molecule has 2 aromatic rings. The lowest BCUT2D eigenvalue weighted by atomic mass is 9.84. The number of aryl methyl sites for hydroxylation is 1. The Morgan fingerprint density at radius 2 is 1.70 bits per heavy atom. The van der Waals surface area contributed by atoms with E-state index in [0.717, 1.165) is 28.4 Å². The molecule has 0 saturated heterocycles. The van der Waals surface area contributed by atoms with Gasteiger partial charge in [0.15, 0.2) is 0 Å². The summed E-state index contributed by atoms with van der Waals surface area (Å²) in [6.07, 6.45) is 2.88. The molecule has 2 heteroatoms. The van der Waals surface area contributed by atoms with Crippen LogP contribution in [0.5, 0.6) is 0 Å². The van der Waals surface area contributed by atoms with Gasteiger partial charge in [0.2, 0.25) is 0 Å². The second kappa shape index (κ2) is 6.55. The normalized spacial score (nSPS) is 14.0. The predicted octanol–water partition coefficient (Wildman–Crippen LogP) is 5.05. The number of hydrogen-bond acceptors (Lipinski definition) is 1. The van der Waals surface area contributed by atoms with Gasteiger partial charge in [-0.3, -0.25) is 0 Å². The van der Waals surface area contributed by atoms with Gasteiger partial charge in [-0.2, -0.15) is 0 Å². The molecule has 0 radical (unpaired) electrons. The number of halogens is 1. The lowest BCUT2D eigenvalue weighted by molar-refractivity contribution is 0.0764. The molecule has 0 bridgehead atoms. The van der Waals surface area contributed by atoms with Crippen molar-refractivity contribution in [2.75, 3.05) is 0 Å². The third-order valence-corrected chi connectivity index (χ3v) is 4.28. The molecule has 1 nitrogen and oxygen atoms in total. The van der Waals surface area contributed by atoms with E-state index in [0.29, 0.717) is 6.42 Å². The lowest BCUT2D eigenvalue weighted by Gasteiger charge is -2.28. The van der Waals surface area contributed by atoms with E-state index in [9.17, 15) is 5.11 Å². The van der Waals surface area contributed by atoms with Crippen molar-refractivity contribution >= 4 is 15.9 Å². The van der Waals surface area contributed by atoms with Crippen LogP contribution in [0.1, 0.15) is 43.4 Å². The van der Waals surface area contributed by atoms with Gasteiger partial charge in [0.1, 0.15) is 5.60 Å². The Kier molecular flexibility index (Phi) is 5.00. The number of aliphatic hydroxyl groups is 1. The van der Waals surface area contributed by atoms with Crippen LogP contribution in [0, 0.1) is 0 Å². The van der Waals surface area contributed by atoms with Gasteiger partial charge >= 0.3 is 0 Å². The maximum Gasteiger partial charge on any atom is 0.114 e. The van der Waals surface area contributed by atoms with E-state index >= 15 is 0 Å². The standard InChI is InChI=1S/C18H21BrO/c1-3-6-14-9-11-15(12-10-14)18(20,4-2)16-7-5-8-17(19)13-16/h5,7-13,20H,3-4,6H2,1-2H3. The van der Waals surface area contributed by atoms with Gasteiger partial charge in [-0.15, -0.1) is 0 Å². The zero-order valence-electron chi connectivity index (χ0n) is 12.1. The van der Waals surface area contributed by atoms with E-state index in [1.54, 1.807) is 0 Å². The maximum atomic E-state index is 11.1. The summed E-state index contributed by atoms with van der Waals surface area (Å²) < 4.78 is 0.990. The van der Waals surface area contributed by atoms with Crippen LogP contribution in [0.2, 0.25) is 0 Å². The zero-order valence-corrected chi connectivity index (χ0v) is 13.7. The summed E-state index contributed by atoms with van der Waals surface area (Å²) in [6, 6.07) is 16.3. The summed E-state index contributed by atoms with van der Waals surface area (Å²) in [5.74, 6) is 0. The molecule has 0 fully saturated rings. The molecule has 1 atom stereocenters. The fraction of sp³-hybridized carbons (Fsp3) is 0.333. The van der Waals surface area contributed by atoms with Crippen molar-refractivity contribution in [3.63, 3.8) is 0 Å². The quantitative estimate of drug-likeness (QED) is 0.812. The summed E-state index contributed by atoms with van der Waals surface area (Å²) in [4.78, 5) is 0. The number of rotatable bonds is 5. The molecule has 1 N–H and O–H groups in total. The highest BCUT2D eigenvalue weighted by atomic mass is 79.9. The minimum absolute atomic E-state index is 0.649. The highest BCUT2D eigenvalue weighted by Gasteiger charge is 2.29. The van der Waals surface area contributed by atoms with Gasteiger partial charge in [0, 0.05) is 4.47 Å². The molecule has 2 rings (SSSR count). The highest BCUT2D eigenvalue weighted by Crippen LogP contribution is 2.34. The van der Waals surface area contributed by atoms with Crippen LogP contribution in [0.4, 0.5) is 0 Å². The second-order valence-electron chi connectivity index (χ2n) is 5.17. The van der Waals surface area contributed by atoms with Crippen molar-refractivity contribution in [2.24, 2.45) is 0 Å². The summed E-state index contributed by atoms with van der Waals surface area (Å²) in [5, 5.41) is 11.1. The van der Waals surface area contributed by atoms with E-state index < -0.39 is 5.60 Å². The topological polar surface area (TPSA) is 20.2 Å². The number of hydrogen-bond donors (Lipinski definition) is 1. The van der Waals surface area contributed by atoms with E-state index in [-0.39, 0.29) is 0 Å². The SMILES string of the molecule is CCCc1ccc(C(O)(CC)c2cccc(Br)c2)cc1. The highest BCUT2D eigenvalue weighted by molar-refractivity contribution is 9.10. The van der Waals surface area contributed by atoms with Crippen LogP contribution < -0.4 is 0 Å². The Labute approximate surface area is 129 Å². The van der Waals surface area contributed by atoms with Gasteiger partial charge in [-0.05, 0) is 41.7 Å². The Morgan fingerprint density at radius 3 is 2.25 bits per heavy atom. The third-order valence-electron chi connectivity index (χ3n) is 3.78. The molecule has 1 unspecified atom stereocenters. The van der Waals surface area contributed by atoms with Crippen molar-refractivity contribution in [3.05, 3.63) is 69.7 Å². The van der Waals surface area contributed by atoms with Gasteiger partial charge in [-0.1, -0.05) is 72.6 Å². The van der Waals surface area contributed by atoms with Gasteiger partial charge < -0.3 is 5.11 Å². The maximum absolute atomic E-state index is 11.1. The summed E-state index contributed by atoms with van der Waals surface area (Å²) in [7, 11) is 0. The molecule has 0 aliphatic rings. The predicted molar refractivity (Wildman–Crippen MR) is 87.9 cm³/mol. The Hall–Kier alpha value is -1.12. The van der Waals surface area contributed by atoms with Crippen molar-refractivity contribution in [3.8, 4) is 0 Å². The number of benzene rings is 2. The Morgan fingerprint density at radius 1 is 1.00 bits per heavy atom. The molecule has 2 aromatic carbocycles. The molecule has 106 valence electrons. The molecule has 0 saturated carbocycles. The van der Waals surface area contributed by atoms with Gasteiger partial charge in [0.25, 0.3) is 0 Å². The summed E-state index contributed by atoms with van der Waals surface area (Å²) >= 11 is 3.48. The van der Waals surface area contributed by atoms with Gasteiger partial charge in [0.05, 0.1) is 0 Å². The van der Waals surface area contributed by atoms with Gasteiger partial charge in [-0.25, -0.2) is 0 Å².